The number of fused-ring (bicyclic) bond motifs is 2. The van der Waals surface area contributed by atoms with Crippen LogP contribution in [-0.2, 0) is 80.6 Å². The zero-order chi connectivity index (χ0) is 92.2. The molecule has 8 aliphatic rings. The zero-order valence-corrected chi connectivity index (χ0v) is 78.3. The van der Waals surface area contributed by atoms with Crippen LogP contribution < -0.4 is 50.1 Å². The van der Waals surface area contributed by atoms with Crippen LogP contribution in [0.4, 0.5) is 9.59 Å². The molecule has 30 nitrogen and oxygen atoms in total. The van der Waals surface area contributed by atoms with Gasteiger partial charge in [-0.25, -0.2) is 36.4 Å². The van der Waals surface area contributed by atoms with E-state index in [0.717, 1.165) is 28.7 Å². The van der Waals surface area contributed by atoms with Gasteiger partial charge in [-0.05, 0) is 97.6 Å². The van der Waals surface area contributed by atoms with E-state index >= 15 is 0 Å². The summed E-state index contributed by atoms with van der Waals surface area (Å²) in [4.78, 5) is 122. The molecule has 2 aromatic heterocycles. The second-order valence-corrected chi connectivity index (χ2v) is 41.0. The Morgan fingerprint density at radius 2 is 0.931 bits per heavy atom. The highest BCUT2D eigenvalue weighted by atomic mass is 35.5. The second kappa shape index (κ2) is 40.6. The largest absolute Gasteiger partial charge is 0.497 e. The quantitative estimate of drug-likeness (QED) is 0.0187. The Morgan fingerprint density at radius 3 is 1.27 bits per heavy atom. The number of ether oxygens (including phenoxy) is 8. The molecule has 35 heteroatoms. The fraction of sp³-hybridized carbons (Fsp3) is 0.438. The second-order valence-electron chi connectivity index (χ2n) is 36.6. The van der Waals surface area contributed by atoms with Crippen LogP contribution >= 0.6 is 36.4 Å². The van der Waals surface area contributed by atoms with Crippen molar-refractivity contribution in [1.82, 2.24) is 45.2 Å². The molecule has 131 heavy (non-hydrogen) atoms. The fourth-order valence-electron chi connectivity index (χ4n) is 17.0. The number of pyridine rings is 2. The van der Waals surface area contributed by atoms with Gasteiger partial charge in [0.05, 0.1) is 91.7 Å². The lowest BCUT2D eigenvalue weighted by atomic mass is 9.85. The summed E-state index contributed by atoms with van der Waals surface area (Å²) in [5.74, 6) is -2.90. The number of amides is 7. The van der Waals surface area contributed by atoms with Crippen molar-refractivity contribution in [3.8, 4) is 45.5 Å². The SMILES string of the molecule is C=C[C@@H]1C[C@]1(NC(=O)[C@@H]1C[C@@H](Oc2cc(-c3ccccc3)nc3cc(OC)ccc23)CN1C(=O)[C@@H](N)C(C)(C)C)C(=O)NS(=O)(=O)C1(Cc2ccccc2)CC1.C=C[C@@H]1C[C@]1(NC(=O)[C@@H]1C[C@@H](Oc2cc(-c3ccccc3)nc3cc(OC)ccc23)CN1C(=O)[C@@H](NC(=O)O[C@H]1CCOC1)C(C)(C)C)C(=O)NS(=O)(=O)C1(Cc2ccccc2)CC1.Cl.Cl.O=C(Cl)O[C@H]1CCOC1. The maximum Gasteiger partial charge on any atom is 0.408 e. The van der Waals surface area contributed by atoms with Crippen molar-refractivity contribution in [2.75, 3.05) is 53.7 Å². The van der Waals surface area contributed by atoms with Crippen LogP contribution in [0.3, 0.4) is 0 Å². The molecule has 0 bridgehead atoms. The van der Waals surface area contributed by atoms with Gasteiger partial charge in [-0.15, -0.1) is 38.0 Å². The summed E-state index contributed by atoms with van der Waals surface area (Å²) < 4.78 is 103. The molecule has 4 aliphatic carbocycles. The number of aromatic nitrogens is 2. The van der Waals surface area contributed by atoms with Crippen molar-refractivity contribution in [2.24, 2.45) is 28.4 Å². The van der Waals surface area contributed by atoms with E-state index in [4.69, 9.17) is 60.5 Å². The number of carbonyl (C=O) groups is 8. The smallest absolute Gasteiger partial charge is 0.408 e. The molecule has 7 amide bonds. The first-order valence-electron chi connectivity index (χ1n) is 43.3. The van der Waals surface area contributed by atoms with Gasteiger partial charge in [-0.1, -0.05) is 175 Å². The molecule has 12 atom stereocenters. The standard InChI is InChI=1S/C48H55N5O10S.C43H49N5O7S.C5H7ClO3.2ClH/c1-6-32-27-48(32,44(56)52-64(58,59)47(20-21-47)26-30-13-9-7-10-14-30)51-42(54)39-24-35(28-53(39)43(55)41(46(2,3)4)50-45(57)63-34-19-22-61-29-34)62-40-25-37(31-15-11-8-12-16-31)49-38-23-33(60-5)17-18-36(38)40;1-6-29-25-43(29,40(51)47-56(52,53)42(19-20-42)24-27-13-9-7-10-14-27)46-38(49)35-22-31(26-48(35)39(50)37(44)41(2,3)4)55-36-23-33(28-15-11-8-12-16-28)45-34-21-30(54-5)17-18-32(34)36;6-5(7)9-4-1-2-8-3-4;;/h6-18,23,25,32,34-35,39,41H,1,19-22,24,26-29H2,2-5H3,(H,50,57)(H,51,54)(H,52,56);6-18,21,23,29,31,35,37H,1,19-20,22,24-26,44H2,2-5H3,(H,46,49)(H,47,51);4H,1-3H2;2*1H/t32-,34+,35-,39+,41-,48-;29-,31-,35+,37-,43-;4-;;/m110../s1. The van der Waals surface area contributed by atoms with Crippen LogP contribution in [0.5, 0.6) is 23.0 Å². The van der Waals surface area contributed by atoms with Crippen molar-refractivity contribution >= 4 is 125 Å². The Hall–Kier alpha value is -11.0. The minimum atomic E-state index is -4.18. The van der Waals surface area contributed by atoms with Gasteiger partial charge in [-0.3, -0.25) is 38.2 Å². The van der Waals surface area contributed by atoms with Crippen molar-refractivity contribution < 1.29 is 93.1 Å². The number of nitrogens with zero attached hydrogens (tertiary/aromatic N) is 4. The number of methoxy groups -OCH3 is 2. The molecule has 8 aromatic rings. The summed E-state index contributed by atoms with van der Waals surface area (Å²) in [6.45, 7) is 20.4. The van der Waals surface area contributed by atoms with Gasteiger partial charge in [-0.2, -0.15) is 0 Å². The summed E-state index contributed by atoms with van der Waals surface area (Å²) in [5, 5.41) is 9.89. The highest BCUT2D eigenvalue weighted by Crippen LogP contribution is 2.51. The maximum absolute atomic E-state index is 14.9. The van der Waals surface area contributed by atoms with Crippen LogP contribution in [0, 0.1) is 22.7 Å². The molecule has 4 saturated carbocycles. The minimum Gasteiger partial charge on any atom is -0.497 e. The summed E-state index contributed by atoms with van der Waals surface area (Å²) in [7, 11) is -5.15. The number of rotatable bonds is 29. The Balaban J connectivity index is 0.000000214. The van der Waals surface area contributed by atoms with Gasteiger partial charge >= 0.3 is 11.5 Å². The topological polar surface area (TPSA) is 397 Å². The molecule has 4 aliphatic heterocycles. The number of nitrogens with two attached hydrogens (primary N) is 1. The third-order valence-electron chi connectivity index (χ3n) is 25.3. The van der Waals surface area contributed by atoms with Gasteiger partial charge in [0.15, 0.2) is 0 Å². The number of likely N-dealkylation sites (tertiary alicyclic amines) is 2. The molecule has 4 saturated heterocycles. The lowest BCUT2D eigenvalue weighted by Gasteiger charge is -2.35. The van der Waals surface area contributed by atoms with E-state index in [-0.39, 0.29) is 89.1 Å². The number of hydrogen-bond acceptors (Lipinski definition) is 23. The minimum absolute atomic E-state index is 0. The molecular weight excluding hydrogens is 1780 g/mol. The summed E-state index contributed by atoms with van der Waals surface area (Å²) in [5.41, 5.74) is 7.01. The molecular formula is C96H113Cl3N10O20S2. The number of benzene rings is 6. The van der Waals surface area contributed by atoms with E-state index in [1.54, 1.807) is 47.1 Å². The molecule has 16 rings (SSSR count). The monoisotopic (exact) mass is 1890 g/mol. The molecule has 0 unspecified atom stereocenters. The van der Waals surface area contributed by atoms with Crippen LogP contribution in [0.1, 0.15) is 117 Å². The number of carbonyl (C=O) groups excluding carboxylic acids is 8. The molecule has 0 spiro atoms. The number of hydrogen-bond donors (Lipinski definition) is 6. The molecule has 8 fully saturated rings. The normalized spacial score (nSPS) is 23.4. The average molecular weight is 1900 g/mol. The van der Waals surface area contributed by atoms with Crippen LogP contribution in [0.25, 0.3) is 44.3 Å². The number of halogens is 3. The molecule has 0 radical (unpaired) electrons. The Morgan fingerprint density at radius 1 is 0.542 bits per heavy atom. The first-order chi connectivity index (χ1) is 61.4. The van der Waals surface area contributed by atoms with Crippen LogP contribution in [-0.4, -0.2) is 206 Å². The zero-order valence-electron chi connectivity index (χ0n) is 74.3. The number of sulfonamides is 2. The maximum atomic E-state index is 14.9. The summed E-state index contributed by atoms with van der Waals surface area (Å²) in [6.07, 6.45) is 3.99. The van der Waals surface area contributed by atoms with Gasteiger partial charge in [0.2, 0.25) is 43.7 Å². The first kappa shape index (κ1) is 99.1. The molecule has 6 aromatic carbocycles. The number of nitrogens with one attached hydrogen (secondary N) is 5. The third-order valence-corrected chi connectivity index (χ3v) is 29.7. The van der Waals surface area contributed by atoms with E-state index in [9.17, 15) is 55.2 Å². The van der Waals surface area contributed by atoms with E-state index in [1.165, 1.54) is 22.0 Å². The first-order valence-corrected chi connectivity index (χ1v) is 46.7. The lowest BCUT2D eigenvalue weighted by molar-refractivity contribution is -0.143. The Labute approximate surface area is 780 Å². The van der Waals surface area contributed by atoms with Crippen LogP contribution in [0.2, 0.25) is 0 Å². The predicted molar refractivity (Wildman–Crippen MR) is 499 cm³/mol. The van der Waals surface area contributed by atoms with Gasteiger partial charge < -0.3 is 69.4 Å². The van der Waals surface area contributed by atoms with E-state index in [2.05, 4.69) is 43.3 Å². The van der Waals surface area contributed by atoms with Crippen molar-refractivity contribution in [1.29, 1.82) is 0 Å². The Bertz CT molecular complexity index is 5790. The average Bonchev–Trinajstić information content (AvgIpc) is 1.56. The molecule has 7 N–H and O–H groups in total. The summed E-state index contributed by atoms with van der Waals surface area (Å²) >= 11 is 4.94. The van der Waals surface area contributed by atoms with Crippen molar-refractivity contribution in [3.63, 3.8) is 0 Å². The third kappa shape index (κ3) is 22.5. The van der Waals surface area contributed by atoms with Gasteiger partial charge in [0, 0.05) is 95.3 Å². The van der Waals surface area contributed by atoms with E-state index in [1.807, 2.05) is 178 Å². The highest BCUT2D eigenvalue weighted by molar-refractivity contribution is 7.92. The van der Waals surface area contributed by atoms with Gasteiger partial charge in [0.25, 0.3) is 11.8 Å². The fourth-order valence-corrected chi connectivity index (χ4v) is 20.5. The molecule has 700 valence electrons. The summed E-state index contributed by atoms with van der Waals surface area (Å²) in [6, 6.07) is 47.9. The van der Waals surface area contributed by atoms with Crippen molar-refractivity contribution in [2.45, 2.75) is 188 Å². The van der Waals surface area contributed by atoms with Gasteiger partial charge in [0.1, 0.15) is 76.6 Å². The highest BCUT2D eigenvalue weighted by Gasteiger charge is 2.66. The Kier molecular flexibility index (Phi) is 30.7. The number of alkyl carbamates (subject to hydrolysis) is 1. The van der Waals surface area contributed by atoms with E-state index < -0.39 is 153 Å². The predicted octanol–water partition coefficient (Wildman–Crippen LogP) is 12.4. The lowest BCUT2D eigenvalue weighted by Crippen LogP contribution is -2.60. The van der Waals surface area contributed by atoms with Crippen molar-refractivity contribution in [3.05, 3.63) is 206 Å². The molecule has 6 heterocycles. The van der Waals surface area contributed by atoms with E-state index in [0.29, 0.717) is 108 Å². The van der Waals surface area contributed by atoms with Crippen LogP contribution in [0.15, 0.2) is 195 Å².